The van der Waals surface area contributed by atoms with Gasteiger partial charge in [-0.25, -0.2) is 0 Å². The Labute approximate surface area is 114 Å². The van der Waals surface area contributed by atoms with Crippen LogP contribution in [0.5, 0.6) is 5.75 Å². The number of hydrogen-bond acceptors (Lipinski definition) is 3. The zero-order chi connectivity index (χ0) is 13.8. The molecular formula is C14H10ClNO3. The van der Waals surface area contributed by atoms with Crippen molar-refractivity contribution in [3.8, 4) is 5.75 Å². The number of aromatic hydroxyl groups is 1. The summed E-state index contributed by atoms with van der Waals surface area (Å²) in [6.07, 6.45) is 3.28. The highest BCUT2D eigenvalue weighted by Crippen LogP contribution is 2.26. The molecule has 0 unspecified atom stereocenters. The van der Waals surface area contributed by atoms with Gasteiger partial charge in [0.25, 0.3) is 5.69 Å². The average molecular weight is 276 g/mol. The Bertz CT molecular complexity index is 653. The number of non-ortho nitro benzene ring substituents is 1. The Hall–Kier alpha value is -2.33. The maximum absolute atomic E-state index is 10.7. The van der Waals surface area contributed by atoms with Crippen molar-refractivity contribution in [2.45, 2.75) is 0 Å². The van der Waals surface area contributed by atoms with E-state index in [4.69, 9.17) is 11.6 Å². The van der Waals surface area contributed by atoms with Crippen LogP contribution >= 0.6 is 11.6 Å². The third-order valence-corrected chi connectivity index (χ3v) is 2.91. The lowest BCUT2D eigenvalue weighted by Gasteiger charge is -2.00. The minimum atomic E-state index is -0.508. The number of rotatable bonds is 3. The maximum Gasteiger partial charge on any atom is 0.270 e. The molecule has 0 aliphatic rings. The molecule has 0 aliphatic heterocycles. The fourth-order valence-corrected chi connectivity index (χ4v) is 1.78. The summed E-state index contributed by atoms with van der Waals surface area (Å²) in [5.41, 5.74) is 1.07. The number of phenolic OH excluding ortho intramolecular Hbond substituents is 1. The fraction of sp³-hybridized carbons (Fsp3) is 0. The van der Waals surface area contributed by atoms with Crippen LogP contribution in [0.25, 0.3) is 12.2 Å². The molecule has 0 bridgehead atoms. The molecule has 0 fully saturated rings. The summed E-state index contributed by atoms with van der Waals surface area (Å²) in [4.78, 5) is 10.2. The number of nitro benzene ring substituents is 1. The van der Waals surface area contributed by atoms with E-state index in [1.54, 1.807) is 18.2 Å². The van der Waals surface area contributed by atoms with Crippen molar-refractivity contribution in [3.63, 3.8) is 0 Å². The van der Waals surface area contributed by atoms with Gasteiger partial charge in [0.15, 0.2) is 0 Å². The van der Waals surface area contributed by atoms with E-state index in [-0.39, 0.29) is 11.4 Å². The molecule has 0 aromatic heterocycles. The zero-order valence-corrected chi connectivity index (χ0v) is 10.5. The van der Waals surface area contributed by atoms with Gasteiger partial charge < -0.3 is 5.11 Å². The van der Waals surface area contributed by atoms with E-state index in [1.165, 1.54) is 18.2 Å². The van der Waals surface area contributed by atoms with Crippen molar-refractivity contribution < 1.29 is 10.0 Å². The molecule has 2 aromatic carbocycles. The summed E-state index contributed by atoms with van der Waals surface area (Å²) in [5.74, 6) is -0.0195. The molecule has 0 heterocycles. The van der Waals surface area contributed by atoms with Crippen LogP contribution in [0.4, 0.5) is 5.69 Å². The third kappa shape index (κ3) is 3.11. The van der Waals surface area contributed by atoms with Gasteiger partial charge in [0.1, 0.15) is 5.75 Å². The first-order valence-corrected chi connectivity index (χ1v) is 5.86. The van der Waals surface area contributed by atoms with Gasteiger partial charge in [0.2, 0.25) is 0 Å². The number of halogens is 1. The topological polar surface area (TPSA) is 63.4 Å². The van der Waals surface area contributed by atoms with E-state index >= 15 is 0 Å². The second kappa shape index (κ2) is 5.54. The molecule has 0 spiro atoms. The van der Waals surface area contributed by atoms with Gasteiger partial charge in [0, 0.05) is 22.7 Å². The quantitative estimate of drug-likeness (QED) is 0.520. The molecule has 0 amide bonds. The smallest absolute Gasteiger partial charge is 0.270 e. The van der Waals surface area contributed by atoms with Crippen LogP contribution in [0.15, 0.2) is 42.5 Å². The minimum Gasteiger partial charge on any atom is -0.507 e. The lowest BCUT2D eigenvalue weighted by Crippen LogP contribution is -1.88. The summed E-state index contributed by atoms with van der Waals surface area (Å²) >= 11 is 5.99. The molecule has 19 heavy (non-hydrogen) atoms. The van der Waals surface area contributed by atoms with Crippen LogP contribution < -0.4 is 0 Å². The summed E-state index contributed by atoms with van der Waals surface area (Å²) in [6, 6.07) is 11.1. The highest BCUT2D eigenvalue weighted by atomic mass is 35.5. The monoisotopic (exact) mass is 275 g/mol. The Balaban J connectivity index is 2.35. The molecule has 1 N–H and O–H groups in total. The molecule has 4 nitrogen and oxygen atoms in total. The van der Waals surface area contributed by atoms with Gasteiger partial charge in [-0.2, -0.15) is 0 Å². The van der Waals surface area contributed by atoms with Gasteiger partial charge >= 0.3 is 0 Å². The van der Waals surface area contributed by atoms with Gasteiger partial charge in [-0.3, -0.25) is 10.1 Å². The highest BCUT2D eigenvalue weighted by Gasteiger charge is 2.08. The third-order valence-electron chi connectivity index (χ3n) is 2.57. The number of benzene rings is 2. The van der Waals surface area contributed by atoms with Crippen molar-refractivity contribution in [2.75, 3.05) is 0 Å². The Morgan fingerprint density at radius 2 is 1.79 bits per heavy atom. The van der Waals surface area contributed by atoms with E-state index in [9.17, 15) is 15.2 Å². The van der Waals surface area contributed by atoms with Crippen LogP contribution in [-0.4, -0.2) is 10.0 Å². The summed E-state index contributed by atoms with van der Waals surface area (Å²) in [6.45, 7) is 0. The molecule has 2 aromatic rings. The fourth-order valence-electron chi connectivity index (χ4n) is 1.58. The van der Waals surface area contributed by atoms with E-state index in [1.807, 2.05) is 18.2 Å². The standard InChI is InChI=1S/C14H10ClNO3/c15-13-4-2-1-3-10(13)5-6-11-9-12(16(18)19)7-8-14(11)17/h1-9,17H/b6-5+. The van der Waals surface area contributed by atoms with Crippen LogP contribution in [0, 0.1) is 10.1 Å². The van der Waals surface area contributed by atoms with Gasteiger partial charge in [-0.1, -0.05) is 42.0 Å². The molecular weight excluding hydrogens is 266 g/mol. The van der Waals surface area contributed by atoms with Crippen LogP contribution in [0.2, 0.25) is 5.02 Å². The summed E-state index contributed by atoms with van der Waals surface area (Å²) in [7, 11) is 0. The maximum atomic E-state index is 10.7. The summed E-state index contributed by atoms with van der Waals surface area (Å²) < 4.78 is 0. The normalized spacial score (nSPS) is 10.8. The SMILES string of the molecule is O=[N+]([O-])c1ccc(O)c(/C=C/c2ccccc2Cl)c1. The molecule has 0 atom stereocenters. The largest absolute Gasteiger partial charge is 0.507 e. The van der Waals surface area contributed by atoms with Crippen LogP contribution in [0.3, 0.4) is 0 Å². The number of nitrogens with zero attached hydrogens (tertiary/aromatic N) is 1. The van der Waals surface area contributed by atoms with Gasteiger partial charge in [-0.05, 0) is 17.7 Å². The molecule has 96 valence electrons. The van der Waals surface area contributed by atoms with E-state index in [0.717, 1.165) is 5.56 Å². The van der Waals surface area contributed by atoms with Crippen molar-refractivity contribution in [3.05, 3.63) is 68.7 Å². The lowest BCUT2D eigenvalue weighted by atomic mass is 10.1. The van der Waals surface area contributed by atoms with Crippen molar-refractivity contribution in [1.29, 1.82) is 0 Å². The van der Waals surface area contributed by atoms with E-state index in [2.05, 4.69) is 0 Å². The first-order chi connectivity index (χ1) is 9.08. The Morgan fingerprint density at radius 1 is 1.11 bits per heavy atom. The second-order valence-electron chi connectivity index (χ2n) is 3.86. The first kappa shape index (κ1) is 13.1. The Morgan fingerprint density at radius 3 is 2.47 bits per heavy atom. The van der Waals surface area contributed by atoms with E-state index < -0.39 is 4.92 Å². The number of hydrogen-bond donors (Lipinski definition) is 1. The predicted molar refractivity (Wildman–Crippen MR) is 75.1 cm³/mol. The predicted octanol–water partition coefficient (Wildman–Crippen LogP) is 4.12. The molecule has 0 saturated carbocycles. The minimum absolute atomic E-state index is 0.0195. The Kier molecular flexibility index (Phi) is 3.82. The van der Waals surface area contributed by atoms with Crippen molar-refractivity contribution >= 4 is 29.4 Å². The number of nitro groups is 1. The average Bonchev–Trinajstić information content (AvgIpc) is 2.39. The molecule has 2 rings (SSSR count). The van der Waals surface area contributed by atoms with Crippen LogP contribution in [-0.2, 0) is 0 Å². The van der Waals surface area contributed by atoms with Gasteiger partial charge in [-0.15, -0.1) is 0 Å². The number of phenols is 1. The van der Waals surface area contributed by atoms with Crippen LogP contribution in [0.1, 0.15) is 11.1 Å². The second-order valence-corrected chi connectivity index (χ2v) is 4.26. The van der Waals surface area contributed by atoms with Crippen molar-refractivity contribution in [1.82, 2.24) is 0 Å². The van der Waals surface area contributed by atoms with E-state index in [0.29, 0.717) is 10.6 Å². The highest BCUT2D eigenvalue weighted by molar-refractivity contribution is 6.32. The molecule has 0 radical (unpaired) electrons. The lowest BCUT2D eigenvalue weighted by molar-refractivity contribution is -0.384. The zero-order valence-electron chi connectivity index (χ0n) is 9.79. The van der Waals surface area contributed by atoms with Gasteiger partial charge in [0.05, 0.1) is 4.92 Å². The van der Waals surface area contributed by atoms with Crippen molar-refractivity contribution in [2.24, 2.45) is 0 Å². The molecule has 0 saturated heterocycles. The molecule has 5 heteroatoms. The summed E-state index contributed by atoms with van der Waals surface area (Å²) in [5, 5.41) is 20.9. The first-order valence-electron chi connectivity index (χ1n) is 5.48. The molecule has 0 aliphatic carbocycles.